The second-order valence-corrected chi connectivity index (χ2v) is 9.13. The summed E-state index contributed by atoms with van der Waals surface area (Å²) in [4.78, 5) is 12.3. The molecule has 0 heterocycles. The molecular weight excluding hydrogens is 375 g/mol. The van der Waals surface area contributed by atoms with Crippen LogP contribution in [0, 0.1) is 11.7 Å². The molecular formula is C20H24F3NO2S. The fourth-order valence-corrected chi connectivity index (χ4v) is 4.34. The van der Waals surface area contributed by atoms with Gasteiger partial charge in [-0.3, -0.25) is 9.52 Å². The SMILES string of the molecule is O=C(NSC1CC1)c1cc(C2CC2)c(OCC2CCCC(F)(F)C2)cc1F. The van der Waals surface area contributed by atoms with Gasteiger partial charge in [-0.15, -0.1) is 0 Å². The first-order chi connectivity index (χ1) is 12.9. The van der Waals surface area contributed by atoms with E-state index in [1.807, 2.05) is 0 Å². The van der Waals surface area contributed by atoms with Crippen molar-refractivity contribution in [3.63, 3.8) is 0 Å². The summed E-state index contributed by atoms with van der Waals surface area (Å²) >= 11 is 1.35. The lowest BCUT2D eigenvalue weighted by Gasteiger charge is -2.29. The van der Waals surface area contributed by atoms with Crippen molar-refractivity contribution >= 4 is 17.9 Å². The van der Waals surface area contributed by atoms with Crippen LogP contribution in [-0.2, 0) is 0 Å². The lowest BCUT2D eigenvalue weighted by atomic mass is 9.87. The van der Waals surface area contributed by atoms with Gasteiger partial charge in [0.05, 0.1) is 12.2 Å². The molecule has 3 fully saturated rings. The Labute approximate surface area is 161 Å². The molecule has 3 aliphatic rings. The van der Waals surface area contributed by atoms with E-state index in [9.17, 15) is 18.0 Å². The van der Waals surface area contributed by atoms with Gasteiger partial charge in [0.15, 0.2) is 0 Å². The Morgan fingerprint density at radius 2 is 2.00 bits per heavy atom. The average Bonchev–Trinajstić information content (AvgIpc) is 3.51. The number of ether oxygens (including phenoxy) is 1. The number of alkyl halides is 2. The number of nitrogens with one attached hydrogen (secondary N) is 1. The standard InChI is InChI=1S/C20H24F3NO2S/c21-17-9-18(26-11-12-2-1-7-20(22,23)10-12)15(13-3-4-13)8-16(17)19(25)24-27-14-5-6-14/h8-9,12-14H,1-7,10-11H2,(H,24,25). The molecule has 1 unspecified atom stereocenters. The molecule has 1 atom stereocenters. The van der Waals surface area contributed by atoms with Crippen LogP contribution in [0.3, 0.4) is 0 Å². The Kier molecular flexibility index (Phi) is 5.32. The lowest BCUT2D eigenvalue weighted by Crippen LogP contribution is -2.29. The molecule has 1 N–H and O–H groups in total. The summed E-state index contributed by atoms with van der Waals surface area (Å²) in [6, 6.07) is 2.84. The van der Waals surface area contributed by atoms with Crippen LogP contribution < -0.4 is 9.46 Å². The molecule has 148 valence electrons. The first-order valence-corrected chi connectivity index (χ1v) is 10.6. The minimum atomic E-state index is -2.63. The molecule has 0 aromatic heterocycles. The van der Waals surface area contributed by atoms with Crippen molar-refractivity contribution in [2.24, 2.45) is 5.92 Å². The van der Waals surface area contributed by atoms with Crippen molar-refractivity contribution in [2.45, 2.75) is 68.5 Å². The second kappa shape index (κ2) is 7.57. The summed E-state index contributed by atoms with van der Waals surface area (Å²) in [6.07, 6.45) is 5.06. The third-order valence-electron chi connectivity index (χ3n) is 5.42. The molecule has 1 aromatic rings. The van der Waals surface area contributed by atoms with Crippen LogP contribution in [0.1, 0.15) is 73.2 Å². The second-order valence-electron chi connectivity index (χ2n) is 8.02. The van der Waals surface area contributed by atoms with E-state index in [-0.39, 0.29) is 36.8 Å². The van der Waals surface area contributed by atoms with Crippen molar-refractivity contribution in [3.8, 4) is 5.75 Å². The number of carbonyl (C=O) groups excluding carboxylic acids is 1. The van der Waals surface area contributed by atoms with Crippen molar-refractivity contribution in [2.75, 3.05) is 6.61 Å². The summed E-state index contributed by atoms with van der Waals surface area (Å²) in [7, 11) is 0. The van der Waals surface area contributed by atoms with Crippen LogP contribution in [0.25, 0.3) is 0 Å². The molecule has 1 amide bonds. The van der Waals surface area contributed by atoms with Crippen LogP contribution in [0.4, 0.5) is 13.2 Å². The zero-order chi connectivity index (χ0) is 19.0. The maximum absolute atomic E-state index is 14.5. The summed E-state index contributed by atoms with van der Waals surface area (Å²) in [5.41, 5.74) is 0.849. The topological polar surface area (TPSA) is 38.3 Å². The van der Waals surface area contributed by atoms with Gasteiger partial charge in [0, 0.05) is 24.2 Å². The number of halogens is 3. The van der Waals surface area contributed by atoms with Gasteiger partial charge in [-0.25, -0.2) is 13.2 Å². The Morgan fingerprint density at radius 3 is 2.67 bits per heavy atom. The average molecular weight is 399 g/mol. The summed E-state index contributed by atoms with van der Waals surface area (Å²) in [5, 5.41) is 0.441. The van der Waals surface area contributed by atoms with Crippen LogP contribution in [0.15, 0.2) is 12.1 Å². The molecule has 3 nitrogen and oxygen atoms in total. The number of benzene rings is 1. The fourth-order valence-electron chi connectivity index (χ4n) is 3.59. The third-order valence-corrected chi connectivity index (χ3v) is 6.53. The third kappa shape index (κ3) is 4.92. The molecule has 0 saturated heterocycles. The van der Waals surface area contributed by atoms with E-state index in [1.54, 1.807) is 6.07 Å². The molecule has 3 aliphatic carbocycles. The Bertz CT molecular complexity index is 719. The molecule has 1 aromatic carbocycles. The summed E-state index contributed by atoms with van der Waals surface area (Å²) in [6.45, 7) is 0.165. The maximum atomic E-state index is 14.5. The first-order valence-electron chi connectivity index (χ1n) is 9.71. The zero-order valence-electron chi connectivity index (χ0n) is 15.1. The van der Waals surface area contributed by atoms with E-state index in [2.05, 4.69) is 4.72 Å². The van der Waals surface area contributed by atoms with Gasteiger partial charge in [-0.2, -0.15) is 0 Å². The Balaban J connectivity index is 1.45. The van der Waals surface area contributed by atoms with Crippen molar-refractivity contribution < 1.29 is 22.7 Å². The van der Waals surface area contributed by atoms with Gasteiger partial charge >= 0.3 is 0 Å². The molecule has 0 aliphatic heterocycles. The number of hydrogen-bond acceptors (Lipinski definition) is 3. The predicted molar refractivity (Wildman–Crippen MR) is 98.9 cm³/mol. The Morgan fingerprint density at radius 1 is 1.22 bits per heavy atom. The van der Waals surface area contributed by atoms with E-state index >= 15 is 0 Å². The van der Waals surface area contributed by atoms with E-state index in [0.29, 0.717) is 23.8 Å². The highest BCUT2D eigenvalue weighted by atomic mass is 32.2. The molecule has 4 rings (SSSR count). The zero-order valence-corrected chi connectivity index (χ0v) is 15.9. The van der Waals surface area contributed by atoms with E-state index < -0.39 is 17.6 Å². The quantitative estimate of drug-likeness (QED) is 0.620. The molecule has 0 bridgehead atoms. The number of amides is 1. The molecule has 0 radical (unpaired) electrons. The minimum absolute atomic E-state index is 0.0293. The molecule has 7 heteroatoms. The van der Waals surface area contributed by atoms with Gasteiger partial charge < -0.3 is 4.74 Å². The van der Waals surface area contributed by atoms with Crippen LogP contribution in [0.2, 0.25) is 0 Å². The monoisotopic (exact) mass is 399 g/mol. The predicted octanol–water partition coefficient (Wildman–Crippen LogP) is 5.45. The van der Waals surface area contributed by atoms with Crippen molar-refractivity contribution in [1.82, 2.24) is 4.72 Å². The Hall–Kier alpha value is -1.37. The summed E-state index contributed by atoms with van der Waals surface area (Å²) < 4.78 is 50.2. The van der Waals surface area contributed by atoms with Crippen LogP contribution in [0.5, 0.6) is 5.75 Å². The van der Waals surface area contributed by atoms with E-state index in [1.165, 1.54) is 18.0 Å². The largest absolute Gasteiger partial charge is 0.493 e. The highest BCUT2D eigenvalue weighted by Crippen LogP contribution is 2.46. The molecule has 3 saturated carbocycles. The van der Waals surface area contributed by atoms with E-state index in [0.717, 1.165) is 31.2 Å². The fraction of sp³-hybridized carbons (Fsp3) is 0.650. The molecule has 27 heavy (non-hydrogen) atoms. The highest BCUT2D eigenvalue weighted by Gasteiger charge is 2.37. The first kappa shape index (κ1) is 19.0. The normalized spacial score (nSPS) is 24.5. The van der Waals surface area contributed by atoms with Gasteiger partial charge in [0.25, 0.3) is 5.91 Å². The van der Waals surface area contributed by atoms with Gasteiger partial charge in [-0.05, 0) is 73.9 Å². The van der Waals surface area contributed by atoms with Crippen molar-refractivity contribution in [3.05, 3.63) is 29.1 Å². The van der Waals surface area contributed by atoms with E-state index in [4.69, 9.17) is 4.74 Å². The van der Waals surface area contributed by atoms with Gasteiger partial charge in [0.1, 0.15) is 11.6 Å². The van der Waals surface area contributed by atoms with Crippen molar-refractivity contribution in [1.29, 1.82) is 0 Å². The number of hydrogen-bond donors (Lipinski definition) is 1. The number of rotatable bonds is 7. The highest BCUT2D eigenvalue weighted by molar-refractivity contribution is 7.98. The summed E-state index contributed by atoms with van der Waals surface area (Å²) in [5.74, 6) is -3.24. The van der Waals surface area contributed by atoms with Crippen LogP contribution in [-0.4, -0.2) is 23.7 Å². The smallest absolute Gasteiger partial charge is 0.264 e. The lowest BCUT2D eigenvalue weighted by molar-refractivity contribution is -0.0586. The molecule has 0 spiro atoms. The maximum Gasteiger partial charge on any atom is 0.264 e. The minimum Gasteiger partial charge on any atom is -0.493 e. The van der Waals surface area contributed by atoms with Crippen LogP contribution >= 0.6 is 11.9 Å². The van der Waals surface area contributed by atoms with Gasteiger partial charge in [-0.1, -0.05) is 0 Å². The van der Waals surface area contributed by atoms with Gasteiger partial charge in [0.2, 0.25) is 5.92 Å². The number of carbonyl (C=O) groups is 1.